The Morgan fingerprint density at radius 1 is 1.28 bits per heavy atom. The van der Waals surface area contributed by atoms with Crippen molar-refractivity contribution in [3.63, 3.8) is 0 Å². The molecule has 0 fully saturated rings. The van der Waals surface area contributed by atoms with Crippen molar-refractivity contribution in [1.82, 2.24) is 20.3 Å². The minimum absolute atomic E-state index is 0.0337. The molecule has 6 heteroatoms. The molecule has 0 spiro atoms. The predicted molar refractivity (Wildman–Crippen MR) is 63.5 cm³/mol. The van der Waals surface area contributed by atoms with Gasteiger partial charge in [-0.05, 0) is 33.0 Å². The van der Waals surface area contributed by atoms with Crippen LogP contribution in [-0.4, -0.2) is 22.0 Å². The largest absolute Gasteiger partial charge is 0.312 e. The molecule has 1 atom stereocenters. The van der Waals surface area contributed by atoms with Crippen LogP contribution in [0.15, 0.2) is 18.2 Å². The Morgan fingerprint density at radius 3 is 2.44 bits per heavy atom. The van der Waals surface area contributed by atoms with Gasteiger partial charge in [0, 0.05) is 0 Å². The zero-order valence-corrected chi connectivity index (χ0v) is 10.4. The Morgan fingerprint density at radius 2 is 1.89 bits per heavy atom. The van der Waals surface area contributed by atoms with Crippen molar-refractivity contribution in [1.29, 1.82) is 0 Å². The summed E-state index contributed by atoms with van der Waals surface area (Å²) in [6.45, 7) is 3.63. The van der Waals surface area contributed by atoms with Gasteiger partial charge in [0.2, 0.25) is 0 Å². The number of hydrogen-bond donors (Lipinski definition) is 1. The van der Waals surface area contributed by atoms with Crippen LogP contribution in [0, 0.1) is 18.6 Å². The van der Waals surface area contributed by atoms with E-state index in [0.29, 0.717) is 11.4 Å². The maximum atomic E-state index is 13.7. The van der Waals surface area contributed by atoms with Gasteiger partial charge in [-0.15, -0.1) is 5.10 Å². The average Bonchev–Trinajstić information content (AvgIpc) is 2.71. The molecule has 4 nitrogen and oxygen atoms in total. The second-order valence-electron chi connectivity index (χ2n) is 4.05. The molecule has 2 rings (SSSR count). The summed E-state index contributed by atoms with van der Waals surface area (Å²) >= 11 is 0. The molecule has 0 saturated carbocycles. The van der Waals surface area contributed by atoms with Gasteiger partial charge < -0.3 is 5.32 Å². The van der Waals surface area contributed by atoms with Gasteiger partial charge in [-0.1, -0.05) is 11.3 Å². The number of halogens is 2. The molecule has 1 aromatic heterocycles. The van der Waals surface area contributed by atoms with E-state index < -0.39 is 11.6 Å². The second-order valence-corrected chi connectivity index (χ2v) is 4.05. The summed E-state index contributed by atoms with van der Waals surface area (Å²) < 4.78 is 28.5. The summed E-state index contributed by atoms with van der Waals surface area (Å²) in [5, 5.41) is 10.8. The third-order valence-corrected chi connectivity index (χ3v) is 2.92. The molecular formula is C12H14F2N4. The highest BCUT2D eigenvalue weighted by molar-refractivity contribution is 5.36. The van der Waals surface area contributed by atoms with Crippen LogP contribution in [0.2, 0.25) is 0 Å². The maximum Gasteiger partial charge on any atom is 0.151 e. The summed E-state index contributed by atoms with van der Waals surface area (Å²) in [6, 6.07) is 3.67. The molecule has 0 radical (unpaired) electrons. The summed E-state index contributed by atoms with van der Waals surface area (Å²) in [6.07, 6.45) is 0. The van der Waals surface area contributed by atoms with Crippen LogP contribution in [0.5, 0.6) is 0 Å². The molecule has 0 aliphatic rings. The molecule has 18 heavy (non-hydrogen) atoms. The molecule has 1 N–H and O–H groups in total. The lowest BCUT2D eigenvalue weighted by Crippen LogP contribution is -2.14. The lowest BCUT2D eigenvalue weighted by Gasteiger charge is -2.09. The number of nitrogens with one attached hydrogen (secondary N) is 1. The van der Waals surface area contributed by atoms with Crippen LogP contribution < -0.4 is 5.32 Å². The molecule has 1 aromatic carbocycles. The van der Waals surface area contributed by atoms with E-state index in [4.69, 9.17) is 0 Å². The van der Waals surface area contributed by atoms with Crippen molar-refractivity contribution < 1.29 is 8.78 Å². The minimum atomic E-state index is -0.660. The summed E-state index contributed by atoms with van der Waals surface area (Å²) in [7, 11) is 1.78. The molecule has 1 heterocycles. The van der Waals surface area contributed by atoms with Crippen LogP contribution in [0.1, 0.15) is 24.4 Å². The number of para-hydroxylation sites is 1. The first-order valence-corrected chi connectivity index (χ1v) is 5.60. The highest BCUT2D eigenvalue weighted by Crippen LogP contribution is 2.21. The van der Waals surface area contributed by atoms with Crippen LogP contribution in [0.4, 0.5) is 8.78 Å². The zero-order valence-electron chi connectivity index (χ0n) is 10.4. The van der Waals surface area contributed by atoms with E-state index in [1.54, 1.807) is 14.0 Å². The third-order valence-electron chi connectivity index (χ3n) is 2.92. The monoisotopic (exact) mass is 252 g/mol. The first kappa shape index (κ1) is 12.6. The number of hydrogen-bond acceptors (Lipinski definition) is 3. The first-order chi connectivity index (χ1) is 8.56. The van der Waals surface area contributed by atoms with E-state index in [1.807, 2.05) is 6.92 Å². The normalized spacial score (nSPS) is 12.7. The van der Waals surface area contributed by atoms with E-state index in [9.17, 15) is 8.78 Å². The van der Waals surface area contributed by atoms with Crippen molar-refractivity contribution in [3.05, 3.63) is 41.2 Å². The molecule has 0 aliphatic heterocycles. The van der Waals surface area contributed by atoms with Crippen molar-refractivity contribution in [2.45, 2.75) is 19.9 Å². The van der Waals surface area contributed by atoms with Gasteiger partial charge >= 0.3 is 0 Å². The van der Waals surface area contributed by atoms with Crippen molar-refractivity contribution in [2.24, 2.45) is 0 Å². The van der Waals surface area contributed by atoms with Gasteiger partial charge in [-0.2, -0.15) is 0 Å². The fraction of sp³-hybridized carbons (Fsp3) is 0.333. The number of benzene rings is 1. The van der Waals surface area contributed by atoms with Gasteiger partial charge in [0.1, 0.15) is 11.4 Å². The number of rotatable bonds is 3. The fourth-order valence-corrected chi connectivity index (χ4v) is 1.78. The topological polar surface area (TPSA) is 42.7 Å². The summed E-state index contributed by atoms with van der Waals surface area (Å²) in [5.74, 6) is -1.32. The van der Waals surface area contributed by atoms with Crippen molar-refractivity contribution >= 4 is 0 Å². The lowest BCUT2D eigenvalue weighted by molar-refractivity contribution is 0.553. The summed E-state index contributed by atoms with van der Waals surface area (Å²) in [4.78, 5) is 0. The van der Waals surface area contributed by atoms with Crippen LogP contribution in [-0.2, 0) is 0 Å². The Labute approximate surface area is 104 Å². The zero-order chi connectivity index (χ0) is 13.3. The van der Waals surface area contributed by atoms with E-state index in [-0.39, 0.29) is 11.7 Å². The average molecular weight is 252 g/mol. The van der Waals surface area contributed by atoms with E-state index in [2.05, 4.69) is 15.6 Å². The van der Waals surface area contributed by atoms with E-state index >= 15 is 0 Å². The number of nitrogens with zero attached hydrogens (tertiary/aromatic N) is 3. The molecule has 0 saturated heterocycles. The predicted octanol–water partition coefficient (Wildman–Crippen LogP) is 2.13. The van der Waals surface area contributed by atoms with Crippen molar-refractivity contribution in [3.8, 4) is 5.69 Å². The highest BCUT2D eigenvalue weighted by Gasteiger charge is 2.19. The SMILES string of the molecule is CNC(C)c1nnn(-c2c(F)cccc2F)c1C. The quantitative estimate of drug-likeness (QED) is 0.910. The Balaban J connectivity index is 2.56. The van der Waals surface area contributed by atoms with Gasteiger partial charge in [0.15, 0.2) is 11.6 Å². The molecule has 1 unspecified atom stereocenters. The van der Waals surface area contributed by atoms with Gasteiger partial charge in [0.05, 0.1) is 11.7 Å². The van der Waals surface area contributed by atoms with Crippen molar-refractivity contribution in [2.75, 3.05) is 7.05 Å². The molecule has 96 valence electrons. The molecule has 0 aliphatic carbocycles. The molecule has 2 aromatic rings. The third kappa shape index (κ3) is 1.99. The van der Waals surface area contributed by atoms with Gasteiger partial charge in [0.25, 0.3) is 0 Å². The number of aromatic nitrogens is 3. The molecule has 0 amide bonds. The van der Waals surface area contributed by atoms with E-state index in [1.165, 1.54) is 22.9 Å². The highest BCUT2D eigenvalue weighted by atomic mass is 19.1. The van der Waals surface area contributed by atoms with E-state index in [0.717, 1.165) is 0 Å². The van der Waals surface area contributed by atoms with Crippen LogP contribution >= 0.6 is 0 Å². The molecular weight excluding hydrogens is 238 g/mol. The summed E-state index contributed by atoms with van der Waals surface area (Å²) in [5.41, 5.74) is 1.08. The second kappa shape index (κ2) is 4.81. The molecule has 0 bridgehead atoms. The van der Waals surface area contributed by atoms with Gasteiger partial charge in [-0.25, -0.2) is 13.5 Å². The minimum Gasteiger partial charge on any atom is -0.312 e. The smallest absolute Gasteiger partial charge is 0.151 e. The van der Waals surface area contributed by atoms with Gasteiger partial charge in [-0.3, -0.25) is 0 Å². The standard InChI is InChI=1S/C12H14F2N4/c1-7(15-3)11-8(2)18(17-16-11)12-9(13)5-4-6-10(12)14/h4-7,15H,1-3H3. The Bertz CT molecular complexity index is 545. The Hall–Kier alpha value is -1.82. The lowest BCUT2D eigenvalue weighted by atomic mass is 10.2. The first-order valence-electron chi connectivity index (χ1n) is 5.60. The maximum absolute atomic E-state index is 13.7. The Kier molecular flexibility index (Phi) is 3.38. The van der Waals surface area contributed by atoms with Crippen LogP contribution in [0.25, 0.3) is 5.69 Å². The van der Waals surface area contributed by atoms with Crippen LogP contribution in [0.3, 0.4) is 0 Å². The fourth-order valence-electron chi connectivity index (χ4n) is 1.78.